The number of nitrogens with zero attached hydrogens (tertiary/aromatic N) is 4. The second kappa shape index (κ2) is 4.58. The Morgan fingerprint density at radius 2 is 1.96 bits per heavy atom. The van der Waals surface area contributed by atoms with Crippen LogP contribution in [0.15, 0.2) is 27.8 Å². The second-order valence-corrected chi connectivity index (χ2v) is 6.00. The minimum atomic E-state index is -0.447. The van der Waals surface area contributed by atoms with Crippen molar-refractivity contribution in [3.8, 4) is 0 Å². The van der Waals surface area contributed by atoms with Crippen LogP contribution in [-0.2, 0) is 13.6 Å². The van der Waals surface area contributed by atoms with E-state index in [-0.39, 0.29) is 5.56 Å². The van der Waals surface area contributed by atoms with Gasteiger partial charge in [-0.25, -0.2) is 4.79 Å². The average molecular weight is 311 g/mol. The van der Waals surface area contributed by atoms with E-state index in [0.29, 0.717) is 23.7 Å². The molecule has 0 aliphatic carbocycles. The second-order valence-electron chi connectivity index (χ2n) is 6.00. The number of hydrogen-bond acceptors (Lipinski definition) is 4. The number of anilines is 2. The number of nitrogens with one attached hydrogen (secondary N) is 1. The molecular formula is C16H17N5O2. The zero-order valence-electron chi connectivity index (χ0n) is 13.3. The highest BCUT2D eigenvalue weighted by Crippen LogP contribution is 2.33. The van der Waals surface area contributed by atoms with Crippen molar-refractivity contribution in [2.45, 2.75) is 20.4 Å². The lowest BCUT2D eigenvalue weighted by molar-refractivity contribution is 0.797. The van der Waals surface area contributed by atoms with Gasteiger partial charge in [0.05, 0.1) is 0 Å². The van der Waals surface area contributed by atoms with Crippen molar-refractivity contribution in [2.24, 2.45) is 7.05 Å². The fourth-order valence-electron chi connectivity index (χ4n) is 3.18. The van der Waals surface area contributed by atoms with E-state index in [2.05, 4.69) is 46.9 Å². The first kappa shape index (κ1) is 13.8. The SMILES string of the molecule is Cc1ccc(C)c(N2CCn3c2nc2c3c(=O)[nH]c(=O)n2C)c1. The highest BCUT2D eigenvalue weighted by atomic mass is 16.2. The fraction of sp³-hybridized carbons (Fsp3) is 0.312. The maximum absolute atomic E-state index is 12.2. The van der Waals surface area contributed by atoms with Crippen molar-refractivity contribution >= 4 is 22.8 Å². The quantitative estimate of drug-likeness (QED) is 0.732. The van der Waals surface area contributed by atoms with Gasteiger partial charge >= 0.3 is 5.69 Å². The van der Waals surface area contributed by atoms with Crippen LogP contribution in [-0.4, -0.2) is 25.6 Å². The first-order valence-electron chi connectivity index (χ1n) is 7.51. The lowest BCUT2D eigenvalue weighted by Crippen LogP contribution is -2.29. The van der Waals surface area contributed by atoms with Gasteiger partial charge < -0.3 is 9.47 Å². The molecule has 1 aromatic carbocycles. The fourth-order valence-corrected chi connectivity index (χ4v) is 3.18. The van der Waals surface area contributed by atoms with Gasteiger partial charge in [0.15, 0.2) is 11.2 Å². The Morgan fingerprint density at radius 1 is 1.17 bits per heavy atom. The molecule has 7 nitrogen and oxygen atoms in total. The van der Waals surface area contributed by atoms with E-state index < -0.39 is 5.69 Å². The van der Waals surface area contributed by atoms with Crippen LogP contribution in [0.1, 0.15) is 11.1 Å². The third kappa shape index (κ3) is 1.86. The van der Waals surface area contributed by atoms with Gasteiger partial charge in [0.2, 0.25) is 5.95 Å². The van der Waals surface area contributed by atoms with Crippen molar-refractivity contribution in [2.75, 3.05) is 11.4 Å². The predicted molar refractivity (Wildman–Crippen MR) is 88.5 cm³/mol. The highest BCUT2D eigenvalue weighted by Gasteiger charge is 2.28. The monoisotopic (exact) mass is 311 g/mol. The summed E-state index contributed by atoms with van der Waals surface area (Å²) < 4.78 is 3.26. The van der Waals surface area contributed by atoms with Crippen LogP contribution in [0.5, 0.6) is 0 Å². The van der Waals surface area contributed by atoms with Crippen molar-refractivity contribution in [1.29, 1.82) is 0 Å². The Morgan fingerprint density at radius 3 is 2.74 bits per heavy atom. The number of aromatic amines is 1. The first-order chi connectivity index (χ1) is 11.0. The largest absolute Gasteiger partial charge is 0.329 e. The number of imidazole rings is 1. The molecular weight excluding hydrogens is 294 g/mol. The molecule has 0 atom stereocenters. The number of rotatable bonds is 1. The maximum atomic E-state index is 12.2. The Hall–Kier alpha value is -2.83. The van der Waals surface area contributed by atoms with Crippen LogP contribution >= 0.6 is 0 Å². The summed E-state index contributed by atoms with van der Waals surface area (Å²) in [6.07, 6.45) is 0. The smallest absolute Gasteiger partial charge is 0.310 e. The molecule has 1 N–H and O–H groups in total. The molecule has 3 heterocycles. The standard InChI is InChI=1S/C16H17N5O2/c1-9-4-5-10(2)11(8-9)20-6-7-21-12-13(17-15(20)21)19(3)16(23)18-14(12)22/h4-5,8H,6-7H2,1-3H3,(H,18,22,23). The van der Waals surface area contributed by atoms with Gasteiger partial charge in [0, 0.05) is 25.8 Å². The van der Waals surface area contributed by atoms with Gasteiger partial charge in [-0.05, 0) is 31.0 Å². The van der Waals surface area contributed by atoms with E-state index in [1.807, 2.05) is 4.57 Å². The van der Waals surface area contributed by atoms with Crippen molar-refractivity contribution in [3.63, 3.8) is 0 Å². The molecule has 1 aliphatic heterocycles. The van der Waals surface area contributed by atoms with E-state index in [1.54, 1.807) is 7.05 Å². The van der Waals surface area contributed by atoms with E-state index in [0.717, 1.165) is 17.8 Å². The average Bonchev–Trinajstić information content (AvgIpc) is 3.06. The lowest BCUT2D eigenvalue weighted by Gasteiger charge is -2.19. The summed E-state index contributed by atoms with van der Waals surface area (Å²) in [5.41, 5.74) is 3.45. The number of aromatic nitrogens is 4. The number of hydrogen-bond donors (Lipinski definition) is 1. The number of benzene rings is 1. The third-order valence-electron chi connectivity index (χ3n) is 4.43. The number of fused-ring (bicyclic) bond motifs is 3. The van der Waals surface area contributed by atoms with Gasteiger partial charge in [0.1, 0.15) is 0 Å². The third-order valence-corrected chi connectivity index (χ3v) is 4.43. The summed E-state index contributed by atoms with van der Waals surface area (Å²) in [7, 11) is 1.62. The van der Waals surface area contributed by atoms with Gasteiger partial charge in [-0.3, -0.25) is 14.3 Å². The molecule has 23 heavy (non-hydrogen) atoms. The topological polar surface area (TPSA) is 75.9 Å². The Bertz CT molecular complexity index is 1060. The number of aryl methyl sites for hydroxylation is 3. The molecule has 7 heteroatoms. The minimum Gasteiger partial charge on any atom is -0.310 e. The Kier molecular flexibility index (Phi) is 2.75. The summed E-state index contributed by atoms with van der Waals surface area (Å²) >= 11 is 0. The van der Waals surface area contributed by atoms with E-state index in [9.17, 15) is 9.59 Å². The minimum absolute atomic E-state index is 0.385. The Balaban J connectivity index is 2.00. The normalized spacial score (nSPS) is 13.8. The molecule has 0 radical (unpaired) electrons. The predicted octanol–water partition coefficient (Wildman–Crippen LogP) is 1.19. The van der Waals surface area contributed by atoms with E-state index in [1.165, 1.54) is 10.1 Å². The molecule has 4 rings (SSSR count). The van der Waals surface area contributed by atoms with Crippen molar-refractivity contribution in [3.05, 3.63) is 50.2 Å². The van der Waals surface area contributed by atoms with Crippen molar-refractivity contribution < 1.29 is 0 Å². The Labute approximate surface area is 131 Å². The van der Waals surface area contributed by atoms with Gasteiger partial charge in [-0.2, -0.15) is 4.98 Å². The molecule has 0 bridgehead atoms. The molecule has 0 fully saturated rings. The zero-order valence-corrected chi connectivity index (χ0v) is 13.3. The van der Waals surface area contributed by atoms with Crippen LogP contribution in [0.4, 0.5) is 11.6 Å². The van der Waals surface area contributed by atoms with Gasteiger partial charge in [0.25, 0.3) is 5.56 Å². The molecule has 1 aliphatic rings. The van der Waals surface area contributed by atoms with Crippen molar-refractivity contribution in [1.82, 2.24) is 19.1 Å². The first-order valence-corrected chi connectivity index (χ1v) is 7.51. The summed E-state index contributed by atoms with van der Waals surface area (Å²) in [4.78, 5) is 33.0. The molecule has 3 aromatic rings. The molecule has 0 spiro atoms. The molecule has 0 unspecified atom stereocenters. The van der Waals surface area contributed by atoms with Crippen LogP contribution in [0.3, 0.4) is 0 Å². The zero-order chi connectivity index (χ0) is 16.3. The molecule has 118 valence electrons. The highest BCUT2D eigenvalue weighted by molar-refractivity contribution is 5.78. The van der Waals surface area contributed by atoms with Crippen LogP contribution in [0, 0.1) is 13.8 Å². The van der Waals surface area contributed by atoms with Crippen LogP contribution < -0.4 is 16.1 Å². The van der Waals surface area contributed by atoms with E-state index in [4.69, 9.17) is 0 Å². The van der Waals surface area contributed by atoms with Gasteiger partial charge in [-0.15, -0.1) is 0 Å². The molecule has 2 aromatic heterocycles. The number of H-pyrrole nitrogens is 1. The molecule has 0 amide bonds. The maximum Gasteiger partial charge on any atom is 0.329 e. The van der Waals surface area contributed by atoms with E-state index >= 15 is 0 Å². The lowest BCUT2D eigenvalue weighted by atomic mass is 10.1. The summed E-state index contributed by atoms with van der Waals surface area (Å²) in [5.74, 6) is 0.709. The van der Waals surface area contributed by atoms with Crippen LogP contribution in [0.2, 0.25) is 0 Å². The molecule has 0 saturated carbocycles. The summed E-state index contributed by atoms with van der Waals surface area (Å²) in [6.45, 7) is 5.53. The molecule has 0 saturated heterocycles. The summed E-state index contributed by atoms with van der Waals surface area (Å²) in [5, 5.41) is 0. The summed E-state index contributed by atoms with van der Waals surface area (Å²) in [6, 6.07) is 6.28. The van der Waals surface area contributed by atoms with Crippen LogP contribution in [0.25, 0.3) is 11.2 Å². The van der Waals surface area contributed by atoms with Gasteiger partial charge in [-0.1, -0.05) is 12.1 Å².